The molecular weight excluding hydrogens is 328 g/mol. The molecule has 1 amide bonds. The van der Waals surface area contributed by atoms with E-state index in [2.05, 4.69) is 4.99 Å². The molecule has 0 saturated carbocycles. The molecule has 0 radical (unpaired) electrons. The van der Waals surface area contributed by atoms with Crippen LogP contribution in [0.5, 0.6) is 0 Å². The summed E-state index contributed by atoms with van der Waals surface area (Å²) in [5, 5.41) is 56.7. The number of nitrogens with zero attached hydrogens (tertiary/aromatic N) is 1. The zero-order valence-corrected chi connectivity index (χ0v) is 12.8. The van der Waals surface area contributed by atoms with E-state index in [1.165, 1.54) is 0 Å². The maximum Gasteiger partial charge on any atom is 0.320 e. The van der Waals surface area contributed by atoms with Gasteiger partial charge < -0.3 is 42.1 Å². The van der Waals surface area contributed by atoms with Gasteiger partial charge in [0, 0.05) is 6.54 Å². The van der Waals surface area contributed by atoms with Crippen molar-refractivity contribution >= 4 is 17.8 Å². The second kappa shape index (κ2) is 10.9. The number of aliphatic imine (C=N–C) groups is 1. The molecule has 0 bridgehead atoms. The van der Waals surface area contributed by atoms with Crippen LogP contribution < -0.4 is 16.8 Å². The molecular formula is C12H24N4O8. The third kappa shape index (κ3) is 7.63. The SMILES string of the molecule is NC(=NCCC[C@H](N)C(=O)O)NC(=O)[C@H](O)[C@@H](O)[C@H](O)[C@H](O)CO. The van der Waals surface area contributed by atoms with Gasteiger partial charge in [-0.25, -0.2) is 0 Å². The Morgan fingerprint density at radius 2 is 1.71 bits per heavy atom. The summed E-state index contributed by atoms with van der Waals surface area (Å²) in [7, 11) is 0. The number of carboxylic acid groups (broad SMARTS) is 1. The van der Waals surface area contributed by atoms with Crippen molar-refractivity contribution in [1.82, 2.24) is 5.32 Å². The van der Waals surface area contributed by atoms with Gasteiger partial charge in [-0.15, -0.1) is 0 Å². The number of guanidine groups is 1. The number of rotatable bonds is 10. The first-order valence-electron chi connectivity index (χ1n) is 7.04. The smallest absolute Gasteiger partial charge is 0.320 e. The van der Waals surface area contributed by atoms with E-state index in [-0.39, 0.29) is 19.4 Å². The second-order valence-electron chi connectivity index (χ2n) is 5.02. The zero-order chi connectivity index (χ0) is 18.9. The lowest BCUT2D eigenvalue weighted by Gasteiger charge is -2.24. The summed E-state index contributed by atoms with van der Waals surface area (Å²) in [6, 6.07) is -1.03. The Morgan fingerprint density at radius 1 is 1.12 bits per heavy atom. The number of carbonyl (C=O) groups is 2. The molecule has 0 heterocycles. The van der Waals surface area contributed by atoms with Gasteiger partial charge in [0.15, 0.2) is 12.1 Å². The minimum absolute atomic E-state index is 0.0671. The van der Waals surface area contributed by atoms with Crippen LogP contribution in [0.1, 0.15) is 12.8 Å². The number of aliphatic carboxylic acids is 1. The fraction of sp³-hybridized carbons (Fsp3) is 0.750. The first-order valence-corrected chi connectivity index (χ1v) is 7.04. The summed E-state index contributed by atoms with van der Waals surface area (Å²) in [5.74, 6) is -2.73. The second-order valence-corrected chi connectivity index (χ2v) is 5.02. The Kier molecular flexibility index (Phi) is 10.0. The highest BCUT2D eigenvalue weighted by Gasteiger charge is 2.34. The zero-order valence-electron chi connectivity index (χ0n) is 12.8. The minimum Gasteiger partial charge on any atom is -0.480 e. The summed E-state index contributed by atoms with van der Waals surface area (Å²) >= 11 is 0. The van der Waals surface area contributed by atoms with E-state index in [4.69, 9.17) is 26.8 Å². The molecule has 0 saturated heterocycles. The molecule has 5 atom stereocenters. The van der Waals surface area contributed by atoms with Crippen LogP contribution in [0.25, 0.3) is 0 Å². The van der Waals surface area contributed by atoms with Gasteiger partial charge in [0.05, 0.1) is 6.61 Å². The van der Waals surface area contributed by atoms with Crippen molar-refractivity contribution in [3.05, 3.63) is 0 Å². The van der Waals surface area contributed by atoms with Gasteiger partial charge in [0.25, 0.3) is 5.91 Å². The average Bonchev–Trinajstić information content (AvgIpc) is 2.55. The molecule has 0 aliphatic carbocycles. The molecule has 24 heavy (non-hydrogen) atoms. The number of carboxylic acids is 1. The van der Waals surface area contributed by atoms with Crippen LogP contribution >= 0.6 is 0 Å². The molecule has 12 nitrogen and oxygen atoms in total. The van der Waals surface area contributed by atoms with E-state index in [1.54, 1.807) is 0 Å². The van der Waals surface area contributed by atoms with Crippen molar-refractivity contribution in [3.63, 3.8) is 0 Å². The van der Waals surface area contributed by atoms with Crippen molar-refractivity contribution < 1.29 is 40.2 Å². The molecule has 0 aromatic carbocycles. The largest absolute Gasteiger partial charge is 0.480 e. The summed E-state index contributed by atoms with van der Waals surface area (Å²) in [5.41, 5.74) is 10.7. The Bertz CT molecular complexity index is 447. The van der Waals surface area contributed by atoms with Crippen molar-refractivity contribution in [1.29, 1.82) is 0 Å². The van der Waals surface area contributed by atoms with Crippen LogP contribution in [0.2, 0.25) is 0 Å². The predicted octanol–water partition coefficient (Wildman–Crippen LogP) is -4.95. The monoisotopic (exact) mass is 352 g/mol. The Morgan fingerprint density at radius 3 is 2.21 bits per heavy atom. The lowest BCUT2D eigenvalue weighted by atomic mass is 10.0. The van der Waals surface area contributed by atoms with Crippen molar-refractivity contribution in [3.8, 4) is 0 Å². The van der Waals surface area contributed by atoms with Crippen LogP contribution in [-0.4, -0.2) is 92.1 Å². The molecule has 0 aliphatic rings. The highest BCUT2D eigenvalue weighted by Crippen LogP contribution is 2.05. The van der Waals surface area contributed by atoms with Gasteiger partial charge in [0.2, 0.25) is 0 Å². The van der Waals surface area contributed by atoms with E-state index >= 15 is 0 Å². The molecule has 0 aliphatic heterocycles. The first kappa shape index (κ1) is 22.2. The van der Waals surface area contributed by atoms with Crippen molar-refractivity contribution in [2.24, 2.45) is 16.5 Å². The van der Waals surface area contributed by atoms with E-state index in [0.29, 0.717) is 0 Å². The van der Waals surface area contributed by atoms with E-state index in [9.17, 15) is 24.9 Å². The van der Waals surface area contributed by atoms with E-state index in [0.717, 1.165) is 0 Å². The first-order chi connectivity index (χ1) is 11.1. The fourth-order valence-electron chi connectivity index (χ4n) is 1.55. The predicted molar refractivity (Wildman–Crippen MR) is 80.6 cm³/mol. The van der Waals surface area contributed by atoms with Gasteiger partial charge in [-0.1, -0.05) is 0 Å². The van der Waals surface area contributed by atoms with Crippen molar-refractivity contribution in [2.75, 3.05) is 13.2 Å². The molecule has 0 aromatic heterocycles. The normalized spacial score (nSPS) is 18.3. The molecule has 12 heteroatoms. The molecule has 0 fully saturated rings. The quantitative estimate of drug-likeness (QED) is 0.103. The van der Waals surface area contributed by atoms with Crippen molar-refractivity contribution in [2.45, 2.75) is 43.3 Å². The maximum absolute atomic E-state index is 11.6. The van der Waals surface area contributed by atoms with Crippen LogP contribution in [0, 0.1) is 0 Å². The summed E-state index contributed by atoms with van der Waals surface area (Å²) in [4.78, 5) is 25.8. The minimum atomic E-state index is -2.13. The third-order valence-corrected chi connectivity index (χ3v) is 3.05. The Labute approximate surface area is 137 Å². The van der Waals surface area contributed by atoms with E-state index < -0.39 is 54.9 Å². The van der Waals surface area contributed by atoms with Gasteiger partial charge in [0.1, 0.15) is 24.4 Å². The summed E-state index contributed by atoms with van der Waals surface area (Å²) in [6.45, 7) is -0.813. The number of hydrogen-bond acceptors (Lipinski definition) is 9. The van der Waals surface area contributed by atoms with Gasteiger partial charge >= 0.3 is 5.97 Å². The average molecular weight is 352 g/mol. The standard InChI is InChI=1S/C12H24N4O8/c13-5(11(23)24)2-1-3-15-12(14)16-10(22)9(21)8(20)7(19)6(18)4-17/h5-9,17-21H,1-4,13H2,(H,23,24)(H3,14,15,16,22)/t5-,6+,7+,8-,9+/m0/s1. The summed E-state index contributed by atoms with van der Waals surface area (Å²) in [6.07, 6.45) is -7.45. The maximum atomic E-state index is 11.6. The third-order valence-electron chi connectivity index (χ3n) is 3.05. The van der Waals surface area contributed by atoms with Crippen LogP contribution in [0.4, 0.5) is 0 Å². The number of amides is 1. The summed E-state index contributed by atoms with van der Waals surface area (Å²) < 4.78 is 0. The van der Waals surface area contributed by atoms with Gasteiger partial charge in [-0.2, -0.15) is 0 Å². The number of carbonyl (C=O) groups excluding carboxylic acids is 1. The molecule has 0 spiro atoms. The van der Waals surface area contributed by atoms with Gasteiger partial charge in [-0.3, -0.25) is 19.9 Å². The fourth-order valence-corrected chi connectivity index (χ4v) is 1.55. The topological polar surface area (TPSA) is 232 Å². The molecule has 11 N–H and O–H groups in total. The van der Waals surface area contributed by atoms with Crippen LogP contribution in [0.15, 0.2) is 4.99 Å². The van der Waals surface area contributed by atoms with Crippen LogP contribution in [-0.2, 0) is 9.59 Å². The lowest BCUT2D eigenvalue weighted by molar-refractivity contribution is -0.147. The molecule has 140 valence electrons. The number of aliphatic hydroxyl groups is 5. The lowest BCUT2D eigenvalue weighted by Crippen LogP contribution is -2.53. The highest BCUT2D eigenvalue weighted by atomic mass is 16.4. The Hall–Kier alpha value is -1.83. The molecule has 0 unspecified atom stereocenters. The number of aliphatic hydroxyl groups excluding tert-OH is 5. The number of nitrogens with two attached hydrogens (primary N) is 2. The van der Waals surface area contributed by atoms with Gasteiger partial charge in [-0.05, 0) is 12.8 Å². The van der Waals surface area contributed by atoms with Crippen LogP contribution in [0.3, 0.4) is 0 Å². The molecule has 0 rings (SSSR count). The number of nitrogens with one attached hydrogen (secondary N) is 1. The number of hydrogen-bond donors (Lipinski definition) is 9. The Balaban J connectivity index is 4.37. The molecule has 0 aromatic rings. The van der Waals surface area contributed by atoms with E-state index in [1.807, 2.05) is 5.32 Å². The highest BCUT2D eigenvalue weighted by molar-refractivity contribution is 5.98.